The summed E-state index contributed by atoms with van der Waals surface area (Å²) in [6.45, 7) is 4.88. The van der Waals surface area contributed by atoms with Gasteiger partial charge in [0.2, 0.25) is 0 Å². The molecule has 10 nitrogen and oxygen atoms in total. The van der Waals surface area contributed by atoms with E-state index in [0.717, 1.165) is 6.08 Å². The maximum Gasteiger partial charge on any atom is 0.328 e. The van der Waals surface area contributed by atoms with Gasteiger partial charge in [0.15, 0.2) is 6.29 Å². The normalized spacial score (nSPS) is 48.3. The van der Waals surface area contributed by atoms with E-state index >= 15 is 0 Å². The molecule has 2 saturated heterocycles. The van der Waals surface area contributed by atoms with Gasteiger partial charge in [-0.15, -0.1) is 0 Å². The van der Waals surface area contributed by atoms with Crippen molar-refractivity contribution >= 4 is 5.97 Å². The number of aliphatic hydroxyl groups excluding tert-OH is 4. The third-order valence-corrected chi connectivity index (χ3v) is 6.84. The summed E-state index contributed by atoms with van der Waals surface area (Å²) in [5.74, 6) is -1.08. The lowest BCUT2D eigenvalue weighted by Gasteiger charge is -2.51. The quantitative estimate of drug-likeness (QED) is 0.223. The third kappa shape index (κ3) is 4.19. The molecule has 176 valence electrons. The largest absolute Gasteiger partial charge is 0.478 e. The van der Waals surface area contributed by atoms with Gasteiger partial charge in [0.05, 0.1) is 19.3 Å². The molecule has 0 aromatic carbocycles. The molecule has 0 radical (unpaired) electrons. The fourth-order valence-corrected chi connectivity index (χ4v) is 4.95. The Morgan fingerprint density at radius 3 is 2.42 bits per heavy atom. The summed E-state index contributed by atoms with van der Waals surface area (Å²) in [7, 11) is 0. The van der Waals surface area contributed by atoms with E-state index in [0.29, 0.717) is 12.0 Å². The van der Waals surface area contributed by atoms with Gasteiger partial charge in [-0.05, 0) is 31.9 Å². The topological polar surface area (TPSA) is 166 Å². The van der Waals surface area contributed by atoms with Crippen molar-refractivity contribution in [2.24, 2.45) is 5.41 Å². The van der Waals surface area contributed by atoms with Crippen LogP contribution in [0, 0.1) is 5.41 Å². The van der Waals surface area contributed by atoms with Gasteiger partial charge in [-0.2, -0.15) is 0 Å². The van der Waals surface area contributed by atoms with E-state index in [1.165, 1.54) is 0 Å². The minimum atomic E-state index is -1.54. The summed E-state index contributed by atoms with van der Waals surface area (Å²) in [5, 5.41) is 60.0. The van der Waals surface area contributed by atoms with E-state index in [4.69, 9.17) is 19.3 Å². The molecule has 1 saturated carbocycles. The number of rotatable bonds is 6. The molecule has 2 bridgehead atoms. The standard InChI is InChI=1S/C21H32O10/c1-11(6-14(23)24)4-5-21(28)19(2)7-12(8-20(21,3)29-10-19)30-18-17(27)16(26)15(25)13(9-22)31-18/h4-6,12-13,15-18,22,25-28H,7-10H2,1-3H3,(H,23,24)/b5-4+,11-6-/t12-,13-,15-,16+,17-,18-,19-,20-,21+/m1/s1. The summed E-state index contributed by atoms with van der Waals surface area (Å²) in [6.07, 6.45) is -2.65. The molecule has 3 rings (SSSR count). The van der Waals surface area contributed by atoms with Crippen LogP contribution in [0.4, 0.5) is 0 Å². The highest BCUT2D eigenvalue weighted by atomic mass is 16.7. The summed E-state index contributed by atoms with van der Waals surface area (Å²) in [5.41, 5.74) is -2.77. The molecule has 0 aromatic rings. The van der Waals surface area contributed by atoms with Crippen LogP contribution >= 0.6 is 0 Å². The molecule has 2 aliphatic heterocycles. The lowest BCUT2D eigenvalue weighted by molar-refractivity contribution is -0.319. The van der Waals surface area contributed by atoms with Gasteiger partial charge in [0.25, 0.3) is 0 Å². The van der Waals surface area contributed by atoms with E-state index in [9.17, 15) is 30.3 Å². The van der Waals surface area contributed by atoms with E-state index in [-0.39, 0.29) is 13.0 Å². The summed E-state index contributed by atoms with van der Waals surface area (Å²) < 4.78 is 17.3. The van der Waals surface area contributed by atoms with Crippen molar-refractivity contribution in [1.82, 2.24) is 0 Å². The van der Waals surface area contributed by atoms with E-state index in [2.05, 4.69) is 0 Å². The first-order chi connectivity index (χ1) is 14.4. The number of carboxylic acids is 1. The van der Waals surface area contributed by atoms with Crippen LogP contribution in [0.25, 0.3) is 0 Å². The zero-order chi connectivity index (χ0) is 23.2. The second-order valence-electron chi connectivity index (χ2n) is 9.27. The third-order valence-electron chi connectivity index (χ3n) is 6.84. The molecule has 0 amide bonds. The van der Waals surface area contributed by atoms with Crippen LogP contribution in [0.2, 0.25) is 0 Å². The first kappa shape index (κ1) is 24.3. The number of aliphatic carboxylic acids is 1. The Bertz CT molecular complexity index is 728. The molecular weight excluding hydrogens is 412 g/mol. The first-order valence-electron chi connectivity index (χ1n) is 10.3. The fourth-order valence-electron chi connectivity index (χ4n) is 4.95. The summed E-state index contributed by atoms with van der Waals surface area (Å²) in [4.78, 5) is 10.9. The molecule has 31 heavy (non-hydrogen) atoms. The van der Waals surface area contributed by atoms with Crippen LogP contribution in [0.15, 0.2) is 23.8 Å². The zero-order valence-corrected chi connectivity index (χ0v) is 17.8. The van der Waals surface area contributed by atoms with Crippen molar-refractivity contribution in [2.75, 3.05) is 13.2 Å². The van der Waals surface area contributed by atoms with Crippen molar-refractivity contribution in [2.45, 2.75) is 81.6 Å². The van der Waals surface area contributed by atoms with Crippen molar-refractivity contribution in [3.8, 4) is 0 Å². The van der Waals surface area contributed by atoms with Crippen molar-refractivity contribution in [3.05, 3.63) is 23.8 Å². The van der Waals surface area contributed by atoms with Gasteiger partial charge in [0.1, 0.15) is 35.6 Å². The average molecular weight is 444 g/mol. The Labute approximate surface area is 180 Å². The van der Waals surface area contributed by atoms with Crippen LogP contribution < -0.4 is 0 Å². The van der Waals surface area contributed by atoms with Crippen LogP contribution in [-0.2, 0) is 19.0 Å². The highest BCUT2D eigenvalue weighted by Crippen LogP contribution is 2.58. The highest BCUT2D eigenvalue weighted by molar-refractivity contribution is 5.81. The minimum Gasteiger partial charge on any atom is -0.478 e. The highest BCUT2D eigenvalue weighted by Gasteiger charge is 2.67. The molecule has 0 unspecified atom stereocenters. The van der Waals surface area contributed by atoms with Crippen molar-refractivity contribution in [1.29, 1.82) is 0 Å². The smallest absolute Gasteiger partial charge is 0.328 e. The van der Waals surface area contributed by atoms with Gasteiger partial charge in [-0.25, -0.2) is 4.79 Å². The Hall–Kier alpha value is -1.37. The van der Waals surface area contributed by atoms with Crippen LogP contribution in [0.5, 0.6) is 0 Å². The van der Waals surface area contributed by atoms with Crippen molar-refractivity contribution in [3.63, 3.8) is 0 Å². The molecule has 3 fully saturated rings. The number of fused-ring (bicyclic) bond motifs is 2. The fraction of sp³-hybridized carbons (Fsp3) is 0.762. The Morgan fingerprint density at radius 1 is 1.16 bits per heavy atom. The maximum atomic E-state index is 11.6. The number of carboxylic acid groups (broad SMARTS) is 1. The monoisotopic (exact) mass is 444 g/mol. The molecule has 0 spiro atoms. The number of allylic oxidation sites excluding steroid dienone is 2. The summed E-state index contributed by atoms with van der Waals surface area (Å²) >= 11 is 0. The number of carbonyl (C=O) groups is 1. The number of aliphatic hydroxyl groups is 5. The number of hydrogen-bond acceptors (Lipinski definition) is 9. The van der Waals surface area contributed by atoms with E-state index in [1.807, 2.05) is 6.92 Å². The molecule has 6 N–H and O–H groups in total. The van der Waals surface area contributed by atoms with Gasteiger partial charge in [-0.1, -0.05) is 13.0 Å². The average Bonchev–Trinajstić information content (AvgIpc) is 2.79. The minimum absolute atomic E-state index is 0.236. The van der Waals surface area contributed by atoms with Gasteiger partial charge in [-0.3, -0.25) is 0 Å². The molecule has 1 aliphatic carbocycles. The zero-order valence-electron chi connectivity index (χ0n) is 17.8. The molecule has 3 aliphatic rings. The van der Waals surface area contributed by atoms with E-state index < -0.39 is 66.0 Å². The van der Waals surface area contributed by atoms with E-state index in [1.54, 1.807) is 26.0 Å². The second kappa shape index (κ2) is 8.53. The summed E-state index contributed by atoms with van der Waals surface area (Å²) in [6, 6.07) is 0. The van der Waals surface area contributed by atoms with Gasteiger partial charge >= 0.3 is 5.97 Å². The Morgan fingerprint density at radius 2 is 1.84 bits per heavy atom. The second-order valence-corrected chi connectivity index (χ2v) is 9.27. The predicted octanol–water partition coefficient (Wildman–Crippen LogP) is -0.921. The van der Waals surface area contributed by atoms with Gasteiger partial charge < -0.3 is 44.8 Å². The van der Waals surface area contributed by atoms with Crippen LogP contribution in [0.3, 0.4) is 0 Å². The van der Waals surface area contributed by atoms with Gasteiger partial charge in [0, 0.05) is 17.9 Å². The van der Waals surface area contributed by atoms with Crippen molar-refractivity contribution < 1.29 is 49.6 Å². The molecule has 0 aromatic heterocycles. The molecule has 10 heteroatoms. The first-order valence-corrected chi connectivity index (χ1v) is 10.3. The SMILES string of the molecule is CC(=C/C(=O)O)/C=C/[C@]1(O)[C@@]2(C)CO[C@]1(C)C[C@H](O[C@@H]1O[C@H](CO)[C@@H](O)[C@H](O)[C@H]1O)C2. The molecular formula is C21H32O10. The Kier molecular flexibility index (Phi) is 6.68. The lowest BCUT2D eigenvalue weighted by Crippen LogP contribution is -2.63. The number of hydrogen-bond donors (Lipinski definition) is 6. The molecule has 9 atom stereocenters. The van der Waals surface area contributed by atoms with Crippen LogP contribution in [-0.4, -0.2) is 97.8 Å². The Balaban J connectivity index is 1.78. The lowest BCUT2D eigenvalue weighted by atomic mass is 9.59. The van der Waals surface area contributed by atoms with Crippen LogP contribution in [0.1, 0.15) is 33.6 Å². The number of ether oxygens (including phenoxy) is 3. The predicted molar refractivity (Wildman–Crippen MR) is 106 cm³/mol. The maximum absolute atomic E-state index is 11.6. The molecule has 2 heterocycles.